The Morgan fingerprint density at radius 2 is 1.82 bits per heavy atom. The lowest BCUT2D eigenvalue weighted by Gasteiger charge is -2.43. The number of anilines is 1. The minimum absolute atomic E-state index is 0.00656. The molecule has 0 saturated carbocycles. The van der Waals surface area contributed by atoms with Crippen LogP contribution < -0.4 is 9.64 Å². The Hall–Kier alpha value is -2.45. The van der Waals surface area contributed by atoms with Gasteiger partial charge in [-0.2, -0.15) is 0 Å². The molecule has 28 heavy (non-hydrogen) atoms. The van der Waals surface area contributed by atoms with Crippen molar-refractivity contribution in [3.8, 4) is 5.75 Å². The third-order valence-corrected chi connectivity index (χ3v) is 7.03. The number of amides is 1. The van der Waals surface area contributed by atoms with Crippen molar-refractivity contribution in [1.29, 1.82) is 0 Å². The summed E-state index contributed by atoms with van der Waals surface area (Å²) in [6, 6.07) is 12.4. The van der Waals surface area contributed by atoms with Gasteiger partial charge in [0.05, 0.1) is 31.2 Å². The van der Waals surface area contributed by atoms with E-state index in [0.717, 1.165) is 5.56 Å². The first-order valence-electron chi connectivity index (χ1n) is 9.01. The number of carbonyl (C=O) groups excluding carboxylic acids is 1. The Bertz CT molecular complexity index is 994. The number of benzene rings is 2. The smallest absolute Gasteiger partial charge is 0.241 e. The molecular formula is C20H21FN2O4S. The summed E-state index contributed by atoms with van der Waals surface area (Å²) in [4.78, 5) is 16.5. The fourth-order valence-corrected chi connectivity index (χ4v) is 6.03. The molecule has 2 aromatic carbocycles. The number of hydrogen-bond acceptors (Lipinski definition) is 5. The third kappa shape index (κ3) is 3.62. The number of piperazine rings is 1. The maximum absolute atomic E-state index is 13.2. The van der Waals surface area contributed by atoms with Gasteiger partial charge in [0.1, 0.15) is 11.6 Å². The summed E-state index contributed by atoms with van der Waals surface area (Å²) in [6.07, 6.45) is 0. The van der Waals surface area contributed by atoms with Crippen LogP contribution in [0.3, 0.4) is 0 Å². The highest BCUT2D eigenvalue weighted by atomic mass is 32.2. The van der Waals surface area contributed by atoms with E-state index in [1.165, 1.54) is 12.1 Å². The SMILES string of the molecule is COc1cccc(N2C(=O)CN(Cc3ccc(F)cc3)[C@H]3CS(=O)(=O)C[C@H]32)c1. The van der Waals surface area contributed by atoms with Crippen LogP contribution in [0.25, 0.3) is 0 Å². The van der Waals surface area contributed by atoms with Crippen LogP contribution >= 0.6 is 0 Å². The third-order valence-electron chi connectivity index (χ3n) is 5.33. The molecule has 2 fully saturated rings. The van der Waals surface area contributed by atoms with Crippen LogP contribution in [0.15, 0.2) is 48.5 Å². The molecule has 6 nitrogen and oxygen atoms in total. The van der Waals surface area contributed by atoms with Crippen molar-refractivity contribution < 1.29 is 22.3 Å². The summed E-state index contributed by atoms with van der Waals surface area (Å²) in [7, 11) is -1.72. The van der Waals surface area contributed by atoms with Crippen molar-refractivity contribution in [1.82, 2.24) is 4.90 Å². The molecule has 2 aromatic rings. The highest BCUT2D eigenvalue weighted by molar-refractivity contribution is 7.91. The topological polar surface area (TPSA) is 66.9 Å². The zero-order valence-corrected chi connectivity index (χ0v) is 16.2. The fourth-order valence-electron chi connectivity index (χ4n) is 4.05. The lowest BCUT2D eigenvalue weighted by atomic mass is 10.0. The molecular weight excluding hydrogens is 383 g/mol. The van der Waals surface area contributed by atoms with Gasteiger partial charge in [-0.15, -0.1) is 0 Å². The number of ether oxygens (including phenoxy) is 1. The number of rotatable bonds is 4. The van der Waals surface area contributed by atoms with Crippen molar-refractivity contribution in [3.05, 3.63) is 59.9 Å². The first-order valence-corrected chi connectivity index (χ1v) is 10.8. The summed E-state index contributed by atoms with van der Waals surface area (Å²) < 4.78 is 43.2. The second-order valence-corrected chi connectivity index (χ2v) is 9.36. The van der Waals surface area contributed by atoms with Crippen molar-refractivity contribution >= 4 is 21.4 Å². The van der Waals surface area contributed by atoms with Crippen LogP contribution in [0, 0.1) is 5.82 Å². The molecule has 2 saturated heterocycles. The first kappa shape index (κ1) is 18.9. The molecule has 0 spiro atoms. The quantitative estimate of drug-likeness (QED) is 0.778. The van der Waals surface area contributed by atoms with E-state index in [-0.39, 0.29) is 35.8 Å². The molecule has 2 atom stereocenters. The average molecular weight is 404 g/mol. The second-order valence-electron chi connectivity index (χ2n) is 7.21. The Morgan fingerprint density at radius 1 is 1.11 bits per heavy atom. The summed E-state index contributed by atoms with van der Waals surface area (Å²) in [5.74, 6) is 0.0572. The highest BCUT2D eigenvalue weighted by Gasteiger charge is 2.49. The molecule has 0 radical (unpaired) electrons. The number of methoxy groups -OCH3 is 1. The molecule has 8 heteroatoms. The molecule has 0 aromatic heterocycles. The van der Waals surface area contributed by atoms with Crippen LogP contribution in [-0.2, 0) is 21.2 Å². The second kappa shape index (κ2) is 7.18. The molecule has 2 heterocycles. The van der Waals surface area contributed by atoms with Crippen LogP contribution in [0.4, 0.5) is 10.1 Å². The molecule has 2 aliphatic rings. The Kier molecular flexibility index (Phi) is 4.84. The number of hydrogen-bond donors (Lipinski definition) is 0. The van der Waals surface area contributed by atoms with Crippen molar-refractivity contribution in [2.24, 2.45) is 0 Å². The summed E-state index contributed by atoms with van der Waals surface area (Å²) in [6.45, 7) is 0.500. The van der Waals surface area contributed by atoms with Crippen molar-refractivity contribution in [2.75, 3.05) is 30.1 Å². The van der Waals surface area contributed by atoms with Gasteiger partial charge in [0.15, 0.2) is 9.84 Å². The normalized spacial score (nSPS) is 24.2. The van der Waals surface area contributed by atoms with E-state index in [1.54, 1.807) is 48.4 Å². The number of halogens is 1. The van der Waals surface area contributed by atoms with Crippen LogP contribution in [0.1, 0.15) is 5.56 Å². The summed E-state index contributed by atoms with van der Waals surface area (Å²) in [5.41, 5.74) is 1.48. The van der Waals surface area contributed by atoms with E-state index in [9.17, 15) is 17.6 Å². The maximum atomic E-state index is 13.2. The number of fused-ring (bicyclic) bond motifs is 1. The lowest BCUT2D eigenvalue weighted by Crippen LogP contribution is -2.61. The molecule has 0 unspecified atom stereocenters. The predicted octanol–water partition coefficient (Wildman–Crippen LogP) is 1.85. The first-order chi connectivity index (χ1) is 13.4. The standard InChI is InChI=1S/C20H21FN2O4S/c1-27-17-4-2-3-16(9-17)23-19-13-28(25,26)12-18(19)22(11-20(23)24)10-14-5-7-15(21)8-6-14/h2-9,18-19H,10-13H2,1H3/t18-,19+/m0/s1. The van der Waals surface area contributed by atoms with Crippen LogP contribution in [0.5, 0.6) is 5.75 Å². The number of carbonyl (C=O) groups is 1. The largest absolute Gasteiger partial charge is 0.497 e. The zero-order chi connectivity index (χ0) is 19.9. The predicted molar refractivity (Wildman–Crippen MR) is 104 cm³/mol. The van der Waals surface area contributed by atoms with E-state index >= 15 is 0 Å². The molecule has 148 valence electrons. The van der Waals surface area contributed by atoms with E-state index in [4.69, 9.17) is 4.74 Å². The van der Waals surface area contributed by atoms with E-state index in [1.807, 2.05) is 4.90 Å². The molecule has 0 N–H and O–H groups in total. The van der Waals surface area contributed by atoms with Gasteiger partial charge < -0.3 is 9.64 Å². The Morgan fingerprint density at radius 3 is 2.54 bits per heavy atom. The summed E-state index contributed by atoms with van der Waals surface area (Å²) in [5, 5.41) is 0. The minimum Gasteiger partial charge on any atom is -0.497 e. The monoisotopic (exact) mass is 404 g/mol. The number of nitrogens with zero attached hydrogens (tertiary/aromatic N) is 2. The van der Waals surface area contributed by atoms with E-state index in [0.29, 0.717) is 18.0 Å². The molecule has 2 aliphatic heterocycles. The average Bonchev–Trinajstić information content (AvgIpc) is 2.99. The number of sulfone groups is 1. The van der Waals surface area contributed by atoms with Crippen molar-refractivity contribution in [2.45, 2.75) is 18.6 Å². The van der Waals surface area contributed by atoms with Gasteiger partial charge in [0, 0.05) is 24.3 Å². The van der Waals surface area contributed by atoms with E-state index < -0.39 is 15.9 Å². The van der Waals surface area contributed by atoms with Crippen molar-refractivity contribution in [3.63, 3.8) is 0 Å². The minimum atomic E-state index is -3.27. The van der Waals surface area contributed by atoms with Gasteiger partial charge in [-0.1, -0.05) is 18.2 Å². The van der Waals surface area contributed by atoms with Gasteiger partial charge in [-0.05, 0) is 29.8 Å². The zero-order valence-electron chi connectivity index (χ0n) is 15.4. The molecule has 0 bridgehead atoms. The summed E-state index contributed by atoms with van der Waals surface area (Å²) >= 11 is 0. The Labute approximate surface area is 163 Å². The fraction of sp³-hybridized carbons (Fsp3) is 0.350. The van der Waals surface area contributed by atoms with Gasteiger partial charge in [-0.3, -0.25) is 9.69 Å². The molecule has 1 amide bonds. The van der Waals surface area contributed by atoms with Crippen LogP contribution in [-0.4, -0.2) is 56.5 Å². The Balaban J connectivity index is 1.66. The van der Waals surface area contributed by atoms with Gasteiger partial charge in [0.2, 0.25) is 5.91 Å². The molecule has 0 aliphatic carbocycles. The van der Waals surface area contributed by atoms with Crippen LogP contribution in [0.2, 0.25) is 0 Å². The van der Waals surface area contributed by atoms with Gasteiger partial charge >= 0.3 is 0 Å². The van der Waals surface area contributed by atoms with Gasteiger partial charge in [-0.25, -0.2) is 12.8 Å². The van der Waals surface area contributed by atoms with Gasteiger partial charge in [0.25, 0.3) is 0 Å². The highest BCUT2D eigenvalue weighted by Crippen LogP contribution is 2.33. The maximum Gasteiger partial charge on any atom is 0.241 e. The lowest BCUT2D eigenvalue weighted by molar-refractivity contribution is -0.123. The van der Waals surface area contributed by atoms with E-state index in [2.05, 4.69) is 0 Å². The molecule has 4 rings (SSSR count).